The molecule has 180 valence electrons. The molecule has 35 heavy (non-hydrogen) atoms. The van der Waals surface area contributed by atoms with Gasteiger partial charge in [0.2, 0.25) is 5.95 Å². The zero-order chi connectivity index (χ0) is 25.2. The second-order valence-corrected chi connectivity index (χ2v) is 8.07. The predicted octanol–water partition coefficient (Wildman–Crippen LogP) is -0.243. The average Bonchev–Trinajstić information content (AvgIpc) is 2.83. The number of aromatic nitrogens is 3. The van der Waals surface area contributed by atoms with Crippen molar-refractivity contribution in [1.82, 2.24) is 24.8 Å². The molecule has 0 spiro atoms. The largest absolute Gasteiger partial charge is 0.384 e. The van der Waals surface area contributed by atoms with Gasteiger partial charge in [0.1, 0.15) is 5.82 Å². The molecule has 7 N–H and O–H groups in total. The number of anilines is 2. The SMILES string of the molecule is Cc1nc(N)nc(-c2ccc(C(=O)N3CCN(C(O)(O)O)CC3)cc2)c1C#Cc1ccc(N)nc1. The number of pyridine rings is 1. The first kappa shape index (κ1) is 24.1. The van der Waals surface area contributed by atoms with E-state index < -0.39 is 6.10 Å². The molecule has 0 bridgehead atoms. The van der Waals surface area contributed by atoms with Crippen molar-refractivity contribution in [2.45, 2.75) is 13.0 Å². The van der Waals surface area contributed by atoms with Gasteiger partial charge in [-0.15, -0.1) is 0 Å². The Hall–Kier alpha value is -4.08. The van der Waals surface area contributed by atoms with E-state index in [4.69, 9.17) is 11.5 Å². The maximum Gasteiger partial charge on any atom is 0.345 e. The molecular weight excluding hydrogens is 450 g/mol. The summed E-state index contributed by atoms with van der Waals surface area (Å²) in [5, 5.41) is 27.9. The smallest absolute Gasteiger partial charge is 0.345 e. The van der Waals surface area contributed by atoms with E-state index in [1.54, 1.807) is 54.4 Å². The first-order valence-electron chi connectivity index (χ1n) is 10.8. The van der Waals surface area contributed by atoms with Gasteiger partial charge in [-0.25, -0.2) is 19.9 Å². The lowest BCUT2D eigenvalue weighted by molar-refractivity contribution is -0.395. The number of hydrogen-bond donors (Lipinski definition) is 5. The van der Waals surface area contributed by atoms with Crippen LogP contribution >= 0.6 is 0 Å². The lowest BCUT2D eigenvalue weighted by atomic mass is 10.0. The Morgan fingerprint density at radius 3 is 2.26 bits per heavy atom. The number of amides is 1. The van der Waals surface area contributed by atoms with Gasteiger partial charge in [-0.05, 0) is 31.2 Å². The summed E-state index contributed by atoms with van der Waals surface area (Å²) in [6.07, 6.45) is -1.31. The van der Waals surface area contributed by atoms with E-state index in [1.807, 2.05) is 0 Å². The van der Waals surface area contributed by atoms with Crippen LogP contribution in [-0.2, 0) is 0 Å². The number of rotatable bonds is 3. The summed E-state index contributed by atoms with van der Waals surface area (Å²) in [6, 6.07) is 10.3. The van der Waals surface area contributed by atoms with Gasteiger partial charge in [0.05, 0.1) is 17.0 Å². The highest BCUT2D eigenvalue weighted by Crippen LogP contribution is 2.25. The van der Waals surface area contributed by atoms with Crippen molar-refractivity contribution in [3.63, 3.8) is 0 Å². The van der Waals surface area contributed by atoms with E-state index in [1.165, 1.54) is 0 Å². The fourth-order valence-electron chi connectivity index (χ4n) is 3.73. The minimum atomic E-state index is -2.89. The second-order valence-electron chi connectivity index (χ2n) is 8.07. The first-order valence-corrected chi connectivity index (χ1v) is 10.8. The highest BCUT2D eigenvalue weighted by Gasteiger charge is 2.33. The molecule has 11 heteroatoms. The second kappa shape index (κ2) is 9.65. The third-order valence-corrected chi connectivity index (χ3v) is 5.62. The third kappa shape index (κ3) is 5.53. The molecule has 3 heterocycles. The topological polar surface area (TPSA) is 175 Å². The van der Waals surface area contributed by atoms with Gasteiger partial charge in [-0.1, -0.05) is 24.0 Å². The maximum atomic E-state index is 12.9. The summed E-state index contributed by atoms with van der Waals surface area (Å²) in [5.74, 6) is 6.45. The van der Waals surface area contributed by atoms with E-state index in [9.17, 15) is 20.1 Å². The van der Waals surface area contributed by atoms with E-state index in [2.05, 4.69) is 26.8 Å². The van der Waals surface area contributed by atoms with Gasteiger partial charge < -0.3 is 31.7 Å². The van der Waals surface area contributed by atoms with Gasteiger partial charge in [-0.2, -0.15) is 0 Å². The Bertz CT molecular complexity index is 1280. The number of carbonyl (C=O) groups excluding carboxylic acids is 1. The van der Waals surface area contributed by atoms with Crippen LogP contribution in [-0.4, -0.2) is 78.3 Å². The lowest BCUT2D eigenvalue weighted by Gasteiger charge is -2.38. The van der Waals surface area contributed by atoms with Crippen LogP contribution in [0.5, 0.6) is 0 Å². The van der Waals surface area contributed by atoms with Crippen LogP contribution in [0.1, 0.15) is 27.2 Å². The number of hydrogen-bond acceptors (Lipinski definition) is 10. The Morgan fingerprint density at radius 2 is 1.66 bits per heavy atom. The number of piperazine rings is 1. The van der Waals surface area contributed by atoms with Gasteiger partial charge in [0.25, 0.3) is 5.91 Å². The summed E-state index contributed by atoms with van der Waals surface area (Å²) < 4.78 is 0. The van der Waals surface area contributed by atoms with Crippen LogP contribution < -0.4 is 11.5 Å². The molecule has 1 aromatic carbocycles. The first-order chi connectivity index (χ1) is 16.6. The van der Waals surface area contributed by atoms with Gasteiger partial charge in [-0.3, -0.25) is 4.79 Å². The van der Waals surface area contributed by atoms with Crippen molar-refractivity contribution in [3.05, 3.63) is 65.0 Å². The van der Waals surface area contributed by atoms with Crippen LogP contribution in [0, 0.1) is 18.8 Å². The molecule has 1 saturated heterocycles. The Kier molecular flexibility index (Phi) is 6.63. The number of benzene rings is 1. The molecule has 3 aromatic rings. The standard InChI is InChI=1S/C24H25N7O4/c1-15-19(8-2-16-3-9-20(25)27-14-16)21(29-23(26)28-15)17-4-6-18(7-5-17)22(32)30-10-12-31(13-11-30)24(33,34)35/h3-7,9,14,33-35H,10-13H2,1H3,(H2,25,27)(H2,26,28,29). The molecule has 4 rings (SSSR count). The predicted molar refractivity (Wildman–Crippen MR) is 128 cm³/mol. The molecule has 2 aromatic heterocycles. The summed E-state index contributed by atoms with van der Waals surface area (Å²) >= 11 is 0. The number of aliphatic hydroxyl groups is 3. The van der Waals surface area contributed by atoms with Gasteiger partial charge >= 0.3 is 6.10 Å². The molecule has 0 radical (unpaired) electrons. The number of nitrogens with zero attached hydrogens (tertiary/aromatic N) is 5. The number of nitrogen functional groups attached to an aromatic ring is 2. The molecule has 11 nitrogen and oxygen atoms in total. The van der Waals surface area contributed by atoms with Crippen molar-refractivity contribution < 1.29 is 20.1 Å². The Balaban J connectivity index is 1.57. The molecule has 1 amide bonds. The molecule has 0 saturated carbocycles. The van der Waals surface area contributed by atoms with Crippen molar-refractivity contribution in [2.24, 2.45) is 0 Å². The van der Waals surface area contributed by atoms with Crippen LogP contribution in [0.15, 0.2) is 42.6 Å². The van der Waals surface area contributed by atoms with E-state index in [0.717, 1.165) is 4.90 Å². The Morgan fingerprint density at radius 1 is 0.971 bits per heavy atom. The molecule has 0 unspecified atom stereocenters. The molecular formula is C24H25N7O4. The summed E-state index contributed by atoms with van der Waals surface area (Å²) in [4.78, 5) is 28.2. The summed E-state index contributed by atoms with van der Waals surface area (Å²) in [7, 11) is 0. The number of aryl methyl sites for hydroxylation is 1. The minimum absolute atomic E-state index is 0.114. The summed E-state index contributed by atoms with van der Waals surface area (Å²) in [6.45, 7) is 2.53. The van der Waals surface area contributed by atoms with E-state index in [-0.39, 0.29) is 38.0 Å². The molecule has 1 fully saturated rings. The highest BCUT2D eigenvalue weighted by atomic mass is 16.7. The molecule has 0 aliphatic carbocycles. The van der Waals surface area contributed by atoms with Crippen LogP contribution in [0.25, 0.3) is 11.3 Å². The minimum Gasteiger partial charge on any atom is -0.384 e. The average molecular weight is 476 g/mol. The van der Waals surface area contributed by atoms with Crippen LogP contribution in [0.4, 0.5) is 11.8 Å². The van der Waals surface area contributed by atoms with Crippen molar-refractivity contribution >= 4 is 17.7 Å². The van der Waals surface area contributed by atoms with Crippen molar-refractivity contribution in [1.29, 1.82) is 0 Å². The van der Waals surface area contributed by atoms with Crippen LogP contribution in [0.3, 0.4) is 0 Å². The third-order valence-electron chi connectivity index (χ3n) is 5.62. The molecule has 0 atom stereocenters. The van der Waals surface area contributed by atoms with Crippen molar-refractivity contribution in [2.75, 3.05) is 37.6 Å². The van der Waals surface area contributed by atoms with Crippen molar-refractivity contribution in [3.8, 4) is 23.1 Å². The zero-order valence-electron chi connectivity index (χ0n) is 19.0. The fourth-order valence-corrected chi connectivity index (χ4v) is 3.73. The van der Waals surface area contributed by atoms with E-state index in [0.29, 0.717) is 39.5 Å². The highest BCUT2D eigenvalue weighted by molar-refractivity contribution is 5.94. The zero-order valence-corrected chi connectivity index (χ0v) is 19.0. The maximum absolute atomic E-state index is 12.9. The summed E-state index contributed by atoms with van der Waals surface area (Å²) in [5.41, 5.74) is 15.2. The monoisotopic (exact) mass is 475 g/mol. The van der Waals surface area contributed by atoms with Gasteiger partial charge in [0.15, 0.2) is 0 Å². The number of nitrogens with two attached hydrogens (primary N) is 2. The van der Waals surface area contributed by atoms with Gasteiger partial charge in [0, 0.05) is 49.1 Å². The molecule has 1 aliphatic rings. The fraction of sp³-hybridized carbons (Fsp3) is 0.250. The normalized spacial score (nSPS) is 14.3. The lowest BCUT2D eigenvalue weighted by Crippen LogP contribution is -2.58. The molecule has 1 aliphatic heterocycles. The quantitative estimate of drug-likeness (QED) is 0.251. The number of carbonyl (C=O) groups is 1. The Labute approximate surface area is 201 Å². The van der Waals surface area contributed by atoms with Crippen LogP contribution in [0.2, 0.25) is 0 Å². The van der Waals surface area contributed by atoms with E-state index >= 15 is 0 Å².